The highest BCUT2D eigenvalue weighted by atomic mass is 32.2. The van der Waals surface area contributed by atoms with Crippen molar-refractivity contribution < 1.29 is 9.59 Å². The van der Waals surface area contributed by atoms with Crippen molar-refractivity contribution in [3.05, 3.63) is 132 Å². The molecule has 0 aliphatic rings. The zero-order chi connectivity index (χ0) is 26.0. The zero-order valence-electron chi connectivity index (χ0n) is 20.9. The summed E-state index contributed by atoms with van der Waals surface area (Å²) in [6.07, 6.45) is 3.29. The summed E-state index contributed by atoms with van der Waals surface area (Å²) < 4.78 is 0. The Hall–Kier alpha value is -4.09. The second-order valence-corrected chi connectivity index (χ2v) is 10.1. The summed E-state index contributed by atoms with van der Waals surface area (Å²) in [5, 5.41) is 5.52. The molecule has 2 N–H and O–H groups in total. The average Bonchev–Trinajstić information content (AvgIpc) is 2.93. The summed E-state index contributed by atoms with van der Waals surface area (Å²) in [6.45, 7) is 4.29. The molecule has 4 aromatic carbocycles. The van der Waals surface area contributed by atoms with Gasteiger partial charge in [0.1, 0.15) is 5.25 Å². The molecular formula is C32H30N2O2S. The highest BCUT2D eigenvalue weighted by molar-refractivity contribution is 8.00. The second-order valence-electron chi connectivity index (χ2n) is 8.93. The molecule has 0 saturated heterocycles. The van der Waals surface area contributed by atoms with E-state index in [4.69, 9.17) is 0 Å². The van der Waals surface area contributed by atoms with E-state index < -0.39 is 5.25 Å². The first-order valence-corrected chi connectivity index (χ1v) is 13.1. The lowest BCUT2D eigenvalue weighted by molar-refractivity contribution is -0.116. The largest absolute Gasteiger partial charge is 0.325 e. The smallest absolute Gasteiger partial charge is 0.248 e. The van der Waals surface area contributed by atoms with Crippen LogP contribution in [0.2, 0.25) is 0 Å². The van der Waals surface area contributed by atoms with Crippen LogP contribution in [0.25, 0.3) is 6.08 Å². The maximum atomic E-state index is 13.3. The molecule has 0 heterocycles. The van der Waals surface area contributed by atoms with Crippen LogP contribution in [-0.2, 0) is 9.59 Å². The van der Waals surface area contributed by atoms with Crippen molar-refractivity contribution in [2.24, 2.45) is 0 Å². The fourth-order valence-electron chi connectivity index (χ4n) is 3.73. The lowest BCUT2D eigenvalue weighted by atomic mass is 10.0. The van der Waals surface area contributed by atoms with Gasteiger partial charge in [-0.1, -0.05) is 86.6 Å². The van der Waals surface area contributed by atoms with E-state index in [1.807, 2.05) is 109 Å². The van der Waals surface area contributed by atoms with Gasteiger partial charge >= 0.3 is 0 Å². The molecule has 186 valence electrons. The van der Waals surface area contributed by atoms with Gasteiger partial charge in [0.05, 0.1) is 0 Å². The highest BCUT2D eigenvalue weighted by Crippen LogP contribution is 2.36. The van der Waals surface area contributed by atoms with Gasteiger partial charge in [0.25, 0.3) is 0 Å². The quantitative estimate of drug-likeness (QED) is 0.179. The maximum absolute atomic E-state index is 13.3. The molecule has 4 nitrogen and oxygen atoms in total. The number of amides is 2. The Bertz CT molecular complexity index is 1330. The van der Waals surface area contributed by atoms with Crippen molar-refractivity contribution in [3.63, 3.8) is 0 Å². The third-order valence-corrected chi connectivity index (χ3v) is 7.05. The third kappa shape index (κ3) is 7.69. The molecular weight excluding hydrogens is 476 g/mol. The van der Waals surface area contributed by atoms with Crippen LogP contribution >= 0.6 is 11.8 Å². The molecule has 0 saturated carbocycles. The van der Waals surface area contributed by atoms with E-state index >= 15 is 0 Å². The number of benzene rings is 4. The zero-order valence-corrected chi connectivity index (χ0v) is 21.7. The lowest BCUT2D eigenvalue weighted by Gasteiger charge is -2.18. The minimum absolute atomic E-state index is 0.0862. The van der Waals surface area contributed by atoms with E-state index in [-0.39, 0.29) is 11.8 Å². The Labute approximate surface area is 222 Å². The van der Waals surface area contributed by atoms with Gasteiger partial charge in [-0.2, -0.15) is 0 Å². The molecule has 0 bridgehead atoms. The molecule has 2 amide bonds. The third-order valence-electron chi connectivity index (χ3n) is 5.79. The van der Waals surface area contributed by atoms with Gasteiger partial charge in [0.15, 0.2) is 0 Å². The molecule has 5 heteroatoms. The topological polar surface area (TPSA) is 58.2 Å². The number of carbonyl (C=O) groups is 2. The van der Waals surface area contributed by atoms with Crippen LogP contribution in [0.5, 0.6) is 0 Å². The molecule has 1 unspecified atom stereocenters. The molecule has 0 radical (unpaired) electrons. The molecule has 0 aromatic heterocycles. The van der Waals surface area contributed by atoms with E-state index in [0.717, 1.165) is 21.7 Å². The van der Waals surface area contributed by atoms with Crippen LogP contribution in [0.1, 0.15) is 41.7 Å². The van der Waals surface area contributed by atoms with Crippen molar-refractivity contribution in [2.75, 3.05) is 10.6 Å². The number of thioether (sulfide) groups is 1. The highest BCUT2D eigenvalue weighted by Gasteiger charge is 2.22. The van der Waals surface area contributed by atoms with Crippen LogP contribution < -0.4 is 10.6 Å². The molecule has 4 aromatic rings. The SMILES string of the molecule is CC(C)c1ccc(NC(=O)C(Sc2ccc(NC(=O)/C=C/c3ccccc3)cc2)c2ccccc2)cc1. The molecule has 4 rings (SSSR count). The molecule has 0 spiro atoms. The molecule has 0 aliphatic carbocycles. The van der Waals surface area contributed by atoms with Crippen molar-refractivity contribution in [3.8, 4) is 0 Å². The number of hydrogen-bond acceptors (Lipinski definition) is 3. The van der Waals surface area contributed by atoms with Crippen LogP contribution in [0, 0.1) is 0 Å². The maximum Gasteiger partial charge on any atom is 0.248 e. The van der Waals surface area contributed by atoms with E-state index in [0.29, 0.717) is 11.6 Å². The monoisotopic (exact) mass is 506 g/mol. The summed E-state index contributed by atoms with van der Waals surface area (Å²) in [5.74, 6) is 0.149. The van der Waals surface area contributed by atoms with Crippen LogP contribution in [0.4, 0.5) is 11.4 Å². The van der Waals surface area contributed by atoms with Crippen molar-refractivity contribution >= 4 is 41.0 Å². The summed E-state index contributed by atoms with van der Waals surface area (Å²) >= 11 is 1.47. The minimum atomic E-state index is -0.430. The van der Waals surface area contributed by atoms with Crippen LogP contribution in [0.3, 0.4) is 0 Å². The summed E-state index contributed by atoms with van der Waals surface area (Å²) in [4.78, 5) is 26.6. The fourth-order valence-corrected chi connectivity index (χ4v) is 4.76. The summed E-state index contributed by atoms with van der Waals surface area (Å²) in [5.41, 5.74) is 4.59. The number of anilines is 2. The molecule has 0 fully saturated rings. The standard InChI is InChI=1S/C32H30N2O2S/c1-23(2)25-14-16-28(17-15-25)34-32(36)31(26-11-7-4-8-12-26)37-29-20-18-27(19-21-29)33-30(35)22-13-24-9-5-3-6-10-24/h3-23,31H,1-2H3,(H,33,35)(H,34,36)/b22-13+. The first-order chi connectivity index (χ1) is 18.0. The van der Waals surface area contributed by atoms with Crippen molar-refractivity contribution in [1.82, 2.24) is 0 Å². The molecule has 1 atom stereocenters. The van der Waals surface area contributed by atoms with Gasteiger partial charge in [0.2, 0.25) is 11.8 Å². The summed E-state index contributed by atoms with van der Waals surface area (Å²) in [6, 6.07) is 35.0. The van der Waals surface area contributed by atoms with E-state index in [1.54, 1.807) is 6.08 Å². The first kappa shape index (κ1) is 26.0. The Kier molecular flexibility index (Phi) is 8.95. The van der Waals surface area contributed by atoms with E-state index in [9.17, 15) is 9.59 Å². The second kappa shape index (κ2) is 12.7. The van der Waals surface area contributed by atoms with Crippen LogP contribution in [-0.4, -0.2) is 11.8 Å². The van der Waals surface area contributed by atoms with E-state index in [2.05, 4.69) is 24.5 Å². The fraction of sp³-hybridized carbons (Fsp3) is 0.125. The van der Waals surface area contributed by atoms with Gasteiger partial charge in [-0.25, -0.2) is 0 Å². The molecule has 37 heavy (non-hydrogen) atoms. The number of rotatable bonds is 9. The van der Waals surface area contributed by atoms with E-state index in [1.165, 1.54) is 23.4 Å². The van der Waals surface area contributed by atoms with Crippen LogP contribution in [0.15, 0.2) is 120 Å². The van der Waals surface area contributed by atoms with Gasteiger partial charge in [-0.15, -0.1) is 11.8 Å². The Balaban J connectivity index is 1.43. The van der Waals surface area contributed by atoms with Crippen molar-refractivity contribution in [1.29, 1.82) is 0 Å². The Morgan fingerprint density at radius 2 is 1.24 bits per heavy atom. The van der Waals surface area contributed by atoms with Gasteiger partial charge in [0, 0.05) is 22.3 Å². The summed E-state index contributed by atoms with van der Waals surface area (Å²) in [7, 11) is 0. The number of hydrogen-bond donors (Lipinski definition) is 2. The predicted molar refractivity (Wildman–Crippen MR) is 155 cm³/mol. The number of carbonyl (C=O) groups excluding carboxylic acids is 2. The van der Waals surface area contributed by atoms with Crippen molar-refractivity contribution in [2.45, 2.75) is 29.9 Å². The number of nitrogens with one attached hydrogen (secondary N) is 2. The Morgan fingerprint density at radius 3 is 1.86 bits per heavy atom. The predicted octanol–water partition coefficient (Wildman–Crippen LogP) is 7.93. The van der Waals surface area contributed by atoms with Gasteiger partial charge in [-0.3, -0.25) is 9.59 Å². The minimum Gasteiger partial charge on any atom is -0.325 e. The normalized spacial score (nSPS) is 11.9. The lowest BCUT2D eigenvalue weighted by Crippen LogP contribution is -2.19. The first-order valence-electron chi connectivity index (χ1n) is 12.2. The molecule has 0 aliphatic heterocycles. The van der Waals surface area contributed by atoms with Gasteiger partial charge in [-0.05, 0) is 65.1 Å². The Morgan fingerprint density at radius 1 is 0.676 bits per heavy atom. The average molecular weight is 507 g/mol. The van der Waals surface area contributed by atoms with Gasteiger partial charge < -0.3 is 10.6 Å².